The van der Waals surface area contributed by atoms with Crippen LogP contribution in [0.15, 0.2) is 0 Å². The average molecular weight is 326 g/mol. The van der Waals surface area contributed by atoms with Crippen molar-refractivity contribution in [3.05, 3.63) is 0 Å². The first-order valence-corrected chi connectivity index (χ1v) is 7.31. The Morgan fingerprint density at radius 1 is 1.20 bits per heavy atom. The lowest BCUT2D eigenvalue weighted by Crippen LogP contribution is -2.42. The van der Waals surface area contributed by atoms with Crippen LogP contribution in [0.2, 0.25) is 0 Å². The topological polar surface area (TPSA) is 18.5 Å². The van der Waals surface area contributed by atoms with Gasteiger partial charge >= 0.3 is 0 Å². The van der Waals surface area contributed by atoms with E-state index in [1.165, 1.54) is 32.1 Å². The number of ether oxygens (including phenoxy) is 2. The molecule has 15 heavy (non-hydrogen) atoms. The molecule has 0 aromatic carbocycles. The standard InChI is InChI=1S/C12H23IO2/c1-11(2,14-3)10-15-12(9-13)7-5-4-6-8-12/h4-10H2,1-3H3. The van der Waals surface area contributed by atoms with Crippen LogP contribution in [0.25, 0.3) is 0 Å². The zero-order valence-electron chi connectivity index (χ0n) is 10.1. The smallest absolute Gasteiger partial charge is 0.0855 e. The van der Waals surface area contributed by atoms with Gasteiger partial charge in [-0.05, 0) is 26.7 Å². The fourth-order valence-corrected chi connectivity index (χ4v) is 2.88. The highest BCUT2D eigenvalue weighted by Crippen LogP contribution is 2.34. The van der Waals surface area contributed by atoms with E-state index in [2.05, 4.69) is 36.4 Å². The highest BCUT2D eigenvalue weighted by molar-refractivity contribution is 14.1. The lowest BCUT2D eigenvalue weighted by Gasteiger charge is -2.38. The minimum absolute atomic E-state index is 0.134. The number of hydrogen-bond donors (Lipinski definition) is 0. The van der Waals surface area contributed by atoms with E-state index in [0.29, 0.717) is 6.61 Å². The summed E-state index contributed by atoms with van der Waals surface area (Å²) in [4.78, 5) is 0. The second-order valence-corrected chi connectivity index (χ2v) is 5.89. The van der Waals surface area contributed by atoms with Crippen LogP contribution in [0.5, 0.6) is 0 Å². The first-order valence-electron chi connectivity index (χ1n) is 5.79. The van der Waals surface area contributed by atoms with E-state index in [4.69, 9.17) is 9.47 Å². The molecule has 1 aliphatic rings. The Morgan fingerprint density at radius 2 is 1.80 bits per heavy atom. The first kappa shape index (κ1) is 13.7. The number of halogens is 1. The maximum atomic E-state index is 6.14. The van der Waals surface area contributed by atoms with Crippen molar-refractivity contribution >= 4 is 22.6 Å². The van der Waals surface area contributed by atoms with E-state index in [-0.39, 0.29) is 11.2 Å². The maximum Gasteiger partial charge on any atom is 0.0855 e. The molecule has 0 bridgehead atoms. The summed E-state index contributed by atoms with van der Waals surface area (Å²) < 4.78 is 12.6. The molecule has 1 saturated carbocycles. The van der Waals surface area contributed by atoms with E-state index in [1.54, 1.807) is 7.11 Å². The molecule has 0 spiro atoms. The average Bonchev–Trinajstić information content (AvgIpc) is 2.28. The van der Waals surface area contributed by atoms with Crippen molar-refractivity contribution in [3.8, 4) is 0 Å². The third-order valence-electron chi connectivity index (χ3n) is 3.29. The molecule has 0 radical (unpaired) electrons. The second-order valence-electron chi connectivity index (χ2n) is 5.13. The number of hydrogen-bond acceptors (Lipinski definition) is 2. The molecule has 0 atom stereocenters. The molecule has 1 aliphatic carbocycles. The summed E-state index contributed by atoms with van der Waals surface area (Å²) in [6.07, 6.45) is 6.44. The van der Waals surface area contributed by atoms with Gasteiger partial charge in [-0.1, -0.05) is 41.9 Å². The van der Waals surface area contributed by atoms with E-state index < -0.39 is 0 Å². The van der Waals surface area contributed by atoms with Crippen LogP contribution in [0.1, 0.15) is 46.0 Å². The SMILES string of the molecule is COC(C)(C)COC1(CI)CCCCC1. The summed E-state index contributed by atoms with van der Waals surface area (Å²) in [6.45, 7) is 4.86. The second kappa shape index (κ2) is 5.82. The van der Waals surface area contributed by atoms with E-state index in [1.807, 2.05) is 0 Å². The molecule has 0 saturated heterocycles. The molecule has 1 fully saturated rings. The Labute approximate surface area is 107 Å². The Bertz CT molecular complexity index is 186. The molecule has 0 amide bonds. The molecular weight excluding hydrogens is 303 g/mol. The Morgan fingerprint density at radius 3 is 2.27 bits per heavy atom. The van der Waals surface area contributed by atoms with Gasteiger partial charge in [0.2, 0.25) is 0 Å². The van der Waals surface area contributed by atoms with Crippen molar-refractivity contribution in [2.75, 3.05) is 18.1 Å². The van der Waals surface area contributed by atoms with Gasteiger partial charge in [-0.15, -0.1) is 0 Å². The van der Waals surface area contributed by atoms with Gasteiger partial charge in [0.05, 0.1) is 17.8 Å². The van der Waals surface area contributed by atoms with Crippen molar-refractivity contribution in [2.45, 2.75) is 57.2 Å². The summed E-state index contributed by atoms with van der Waals surface area (Å²) in [6, 6.07) is 0. The van der Waals surface area contributed by atoms with Crippen molar-refractivity contribution in [1.29, 1.82) is 0 Å². The van der Waals surface area contributed by atoms with Gasteiger partial charge in [-0.2, -0.15) is 0 Å². The normalized spacial score (nSPS) is 21.6. The van der Waals surface area contributed by atoms with Gasteiger partial charge in [0.25, 0.3) is 0 Å². The van der Waals surface area contributed by atoms with E-state index in [9.17, 15) is 0 Å². The minimum Gasteiger partial charge on any atom is -0.376 e. The van der Waals surface area contributed by atoms with Gasteiger partial charge < -0.3 is 9.47 Å². The number of methoxy groups -OCH3 is 1. The van der Waals surface area contributed by atoms with Gasteiger partial charge in [0, 0.05) is 11.5 Å². The highest BCUT2D eigenvalue weighted by atomic mass is 127. The van der Waals surface area contributed by atoms with Crippen LogP contribution in [-0.2, 0) is 9.47 Å². The molecule has 2 nitrogen and oxygen atoms in total. The molecule has 0 aliphatic heterocycles. The third-order valence-corrected chi connectivity index (χ3v) is 4.68. The van der Waals surface area contributed by atoms with Gasteiger partial charge in [-0.25, -0.2) is 0 Å². The Balaban J connectivity index is 2.45. The zero-order valence-corrected chi connectivity index (χ0v) is 12.3. The van der Waals surface area contributed by atoms with Crippen LogP contribution < -0.4 is 0 Å². The van der Waals surface area contributed by atoms with Gasteiger partial charge in [0.15, 0.2) is 0 Å². The summed E-state index contributed by atoms with van der Waals surface area (Å²) in [5.41, 5.74) is -0.0229. The molecule has 0 unspecified atom stereocenters. The predicted molar refractivity (Wildman–Crippen MR) is 71.7 cm³/mol. The quantitative estimate of drug-likeness (QED) is 0.568. The summed E-state index contributed by atoms with van der Waals surface area (Å²) in [7, 11) is 1.75. The van der Waals surface area contributed by atoms with E-state index >= 15 is 0 Å². The fraction of sp³-hybridized carbons (Fsp3) is 1.00. The monoisotopic (exact) mass is 326 g/mol. The number of rotatable bonds is 5. The Kier molecular flexibility index (Phi) is 5.32. The van der Waals surface area contributed by atoms with Gasteiger partial charge in [-0.3, -0.25) is 0 Å². The van der Waals surface area contributed by atoms with Crippen molar-refractivity contribution in [3.63, 3.8) is 0 Å². The predicted octanol–water partition coefficient (Wildman–Crippen LogP) is 3.57. The Hall–Kier alpha value is 0.650. The zero-order chi connectivity index (χ0) is 11.4. The molecule has 0 heterocycles. The lowest BCUT2D eigenvalue weighted by atomic mass is 9.86. The van der Waals surface area contributed by atoms with Crippen LogP contribution in [-0.4, -0.2) is 29.3 Å². The molecular formula is C12H23IO2. The molecule has 0 aromatic heterocycles. The summed E-state index contributed by atoms with van der Waals surface area (Å²) in [5, 5.41) is 0. The first-order chi connectivity index (χ1) is 7.04. The molecule has 3 heteroatoms. The lowest BCUT2D eigenvalue weighted by molar-refractivity contribution is -0.121. The number of alkyl halides is 1. The van der Waals surface area contributed by atoms with Crippen molar-refractivity contribution < 1.29 is 9.47 Å². The minimum atomic E-state index is -0.156. The van der Waals surface area contributed by atoms with Crippen LogP contribution >= 0.6 is 22.6 Å². The van der Waals surface area contributed by atoms with Gasteiger partial charge in [0.1, 0.15) is 0 Å². The van der Waals surface area contributed by atoms with Crippen LogP contribution in [0.4, 0.5) is 0 Å². The molecule has 0 N–H and O–H groups in total. The van der Waals surface area contributed by atoms with Crippen LogP contribution in [0.3, 0.4) is 0 Å². The van der Waals surface area contributed by atoms with Crippen LogP contribution in [0, 0.1) is 0 Å². The summed E-state index contributed by atoms with van der Waals surface area (Å²) in [5.74, 6) is 0. The van der Waals surface area contributed by atoms with E-state index in [0.717, 1.165) is 4.43 Å². The summed E-state index contributed by atoms with van der Waals surface area (Å²) >= 11 is 2.46. The highest BCUT2D eigenvalue weighted by Gasteiger charge is 2.33. The van der Waals surface area contributed by atoms with Crippen molar-refractivity contribution in [1.82, 2.24) is 0 Å². The maximum absolute atomic E-state index is 6.14. The fourth-order valence-electron chi connectivity index (χ4n) is 1.90. The molecule has 0 aromatic rings. The van der Waals surface area contributed by atoms with Crippen molar-refractivity contribution in [2.24, 2.45) is 0 Å². The molecule has 90 valence electrons. The largest absolute Gasteiger partial charge is 0.376 e. The molecule has 1 rings (SSSR count). The third kappa shape index (κ3) is 4.19.